The van der Waals surface area contributed by atoms with Crippen molar-refractivity contribution in [1.82, 2.24) is 29.2 Å². The number of aromatic nitrogens is 4. The number of carbonyl (C=O) groups is 1. The fraction of sp³-hybridized carbons (Fsp3) is 0.550. The van der Waals surface area contributed by atoms with E-state index in [0.29, 0.717) is 12.0 Å². The third kappa shape index (κ3) is 2.59. The first-order valence-corrected chi connectivity index (χ1v) is 9.98. The first-order chi connectivity index (χ1) is 13.1. The number of aromatic amines is 1. The Morgan fingerprint density at radius 1 is 1.19 bits per heavy atom. The molecule has 2 aliphatic rings. The smallest absolute Gasteiger partial charge is 0.320 e. The molecule has 5 heterocycles. The summed E-state index contributed by atoms with van der Waals surface area (Å²) < 4.78 is 2.20. The molecule has 5 rings (SSSR count). The highest BCUT2D eigenvalue weighted by atomic mass is 16.2. The van der Waals surface area contributed by atoms with Gasteiger partial charge in [-0.2, -0.15) is 0 Å². The Hall–Kier alpha value is -2.57. The monoisotopic (exact) mass is 366 g/mol. The highest BCUT2D eigenvalue weighted by Gasteiger charge is 2.36. The Kier molecular flexibility index (Phi) is 3.84. The summed E-state index contributed by atoms with van der Waals surface area (Å²) in [7, 11) is 0. The molecule has 3 atom stereocenters. The van der Waals surface area contributed by atoms with Crippen LogP contribution in [0.4, 0.5) is 4.79 Å². The number of carbonyl (C=O) groups excluding carboxylic acids is 1. The van der Waals surface area contributed by atoms with Crippen LogP contribution < -0.4 is 0 Å². The largest absolute Gasteiger partial charge is 0.345 e. The summed E-state index contributed by atoms with van der Waals surface area (Å²) in [6.07, 6.45) is 8.90. The zero-order valence-corrected chi connectivity index (χ0v) is 15.9. The minimum absolute atomic E-state index is 0.200. The lowest BCUT2D eigenvalue weighted by Gasteiger charge is -2.39. The van der Waals surface area contributed by atoms with Crippen LogP contribution in [-0.4, -0.2) is 60.9 Å². The van der Waals surface area contributed by atoms with E-state index in [0.717, 1.165) is 61.4 Å². The molecule has 0 aromatic carbocycles. The summed E-state index contributed by atoms with van der Waals surface area (Å²) in [5.74, 6) is 1.75. The van der Waals surface area contributed by atoms with Gasteiger partial charge in [0.25, 0.3) is 0 Å². The van der Waals surface area contributed by atoms with Gasteiger partial charge in [-0.1, -0.05) is 6.92 Å². The van der Waals surface area contributed by atoms with Crippen LogP contribution in [0.3, 0.4) is 0 Å². The second-order valence-corrected chi connectivity index (χ2v) is 8.13. The quantitative estimate of drug-likeness (QED) is 0.719. The van der Waals surface area contributed by atoms with Crippen LogP contribution >= 0.6 is 0 Å². The van der Waals surface area contributed by atoms with Gasteiger partial charge in [0, 0.05) is 37.8 Å². The van der Waals surface area contributed by atoms with Crippen molar-refractivity contribution < 1.29 is 4.79 Å². The van der Waals surface area contributed by atoms with E-state index in [1.807, 2.05) is 34.5 Å². The molecule has 2 amide bonds. The maximum Gasteiger partial charge on any atom is 0.320 e. The molecule has 1 N–H and O–H groups in total. The van der Waals surface area contributed by atoms with Gasteiger partial charge in [-0.05, 0) is 38.2 Å². The summed E-state index contributed by atoms with van der Waals surface area (Å²) in [5.41, 5.74) is 2.91. The average molecular weight is 366 g/mol. The van der Waals surface area contributed by atoms with Gasteiger partial charge in [0.05, 0.1) is 23.4 Å². The molecule has 7 heteroatoms. The third-order valence-corrected chi connectivity index (χ3v) is 6.45. The third-order valence-electron chi connectivity index (χ3n) is 6.45. The minimum Gasteiger partial charge on any atom is -0.345 e. The fourth-order valence-corrected chi connectivity index (χ4v) is 4.74. The predicted octanol–water partition coefficient (Wildman–Crippen LogP) is 3.24. The Labute approximate surface area is 158 Å². The van der Waals surface area contributed by atoms with Crippen LogP contribution in [0.5, 0.6) is 0 Å². The van der Waals surface area contributed by atoms with Crippen LogP contribution in [0.2, 0.25) is 0 Å². The lowest BCUT2D eigenvalue weighted by atomic mass is 9.86. The van der Waals surface area contributed by atoms with Crippen molar-refractivity contribution in [2.45, 2.75) is 45.1 Å². The number of fused-ring (bicyclic) bond motifs is 3. The molecule has 7 nitrogen and oxygen atoms in total. The number of H-pyrrole nitrogens is 1. The van der Waals surface area contributed by atoms with Crippen LogP contribution in [0.25, 0.3) is 16.7 Å². The van der Waals surface area contributed by atoms with Gasteiger partial charge in [0.1, 0.15) is 5.82 Å². The lowest BCUT2D eigenvalue weighted by molar-refractivity contribution is 0.123. The number of imidazole rings is 1. The fourth-order valence-electron chi connectivity index (χ4n) is 4.74. The van der Waals surface area contributed by atoms with E-state index >= 15 is 0 Å². The average Bonchev–Trinajstić information content (AvgIpc) is 3.39. The van der Waals surface area contributed by atoms with E-state index in [9.17, 15) is 4.79 Å². The van der Waals surface area contributed by atoms with Crippen molar-refractivity contribution in [3.8, 4) is 0 Å². The summed E-state index contributed by atoms with van der Waals surface area (Å²) in [6, 6.07) is 2.60. The number of nitrogens with zero attached hydrogens (tertiary/aromatic N) is 5. The molecule has 0 radical (unpaired) electrons. The number of hydrogen-bond donors (Lipinski definition) is 1. The number of nitrogens with one attached hydrogen (secondary N) is 1. The molecule has 0 bridgehead atoms. The molecule has 2 saturated heterocycles. The summed E-state index contributed by atoms with van der Waals surface area (Å²) in [5, 5.41) is 0. The van der Waals surface area contributed by atoms with Gasteiger partial charge in [-0.25, -0.2) is 14.8 Å². The molecule has 142 valence electrons. The number of hydrogen-bond acceptors (Lipinski definition) is 3. The van der Waals surface area contributed by atoms with Gasteiger partial charge in [0.2, 0.25) is 0 Å². The standard InChI is InChI=1S/C20H26N6O/c1-13-6-9-24(20(27)25-8-3-4-14(25)2)12-16(13)19-23-11-15-10-22-18-17(26(15)19)5-7-21-18/h5,7,10-11,13-14,16,21H,3-4,6,8-9,12H2,1-2H3/t13-,14+,16+/m1/s1. The van der Waals surface area contributed by atoms with E-state index in [4.69, 9.17) is 4.98 Å². The molecule has 2 fully saturated rings. The first-order valence-electron chi connectivity index (χ1n) is 9.98. The van der Waals surface area contributed by atoms with E-state index in [1.54, 1.807) is 0 Å². The number of piperidine rings is 1. The van der Waals surface area contributed by atoms with Crippen molar-refractivity contribution in [1.29, 1.82) is 0 Å². The van der Waals surface area contributed by atoms with Crippen molar-refractivity contribution in [2.24, 2.45) is 5.92 Å². The van der Waals surface area contributed by atoms with Crippen LogP contribution in [-0.2, 0) is 0 Å². The van der Waals surface area contributed by atoms with Crippen molar-refractivity contribution in [2.75, 3.05) is 19.6 Å². The van der Waals surface area contributed by atoms with Gasteiger partial charge in [-0.3, -0.25) is 4.40 Å². The van der Waals surface area contributed by atoms with Crippen molar-refractivity contribution in [3.05, 3.63) is 30.5 Å². The second kappa shape index (κ2) is 6.25. The van der Waals surface area contributed by atoms with Gasteiger partial charge in [0.15, 0.2) is 5.65 Å². The zero-order valence-electron chi connectivity index (χ0n) is 15.9. The van der Waals surface area contributed by atoms with E-state index < -0.39 is 0 Å². The van der Waals surface area contributed by atoms with Crippen LogP contribution in [0.15, 0.2) is 24.7 Å². The predicted molar refractivity (Wildman–Crippen MR) is 104 cm³/mol. The molecule has 0 unspecified atom stereocenters. The molecule has 0 spiro atoms. The summed E-state index contributed by atoms with van der Waals surface area (Å²) in [6.45, 7) is 6.90. The topological polar surface area (TPSA) is 69.5 Å². The van der Waals surface area contributed by atoms with Crippen LogP contribution in [0.1, 0.15) is 44.9 Å². The Morgan fingerprint density at radius 2 is 2.04 bits per heavy atom. The minimum atomic E-state index is 0.200. The summed E-state index contributed by atoms with van der Waals surface area (Å²) >= 11 is 0. The molecule has 0 saturated carbocycles. The van der Waals surface area contributed by atoms with Crippen LogP contribution in [0, 0.1) is 5.92 Å². The van der Waals surface area contributed by atoms with E-state index in [2.05, 4.69) is 28.2 Å². The van der Waals surface area contributed by atoms with Gasteiger partial charge < -0.3 is 14.8 Å². The number of amides is 2. The summed E-state index contributed by atoms with van der Waals surface area (Å²) in [4.78, 5) is 29.6. The van der Waals surface area contributed by atoms with Gasteiger partial charge in [-0.15, -0.1) is 0 Å². The molecular formula is C20H26N6O. The maximum atomic E-state index is 13.1. The van der Waals surface area contributed by atoms with Crippen molar-refractivity contribution in [3.63, 3.8) is 0 Å². The highest BCUT2D eigenvalue weighted by Crippen LogP contribution is 2.34. The Morgan fingerprint density at radius 3 is 2.85 bits per heavy atom. The molecule has 27 heavy (non-hydrogen) atoms. The lowest BCUT2D eigenvalue weighted by Crippen LogP contribution is -2.49. The number of rotatable bonds is 1. The number of likely N-dealkylation sites (tertiary alicyclic amines) is 2. The Bertz CT molecular complexity index is 991. The maximum absolute atomic E-state index is 13.1. The van der Waals surface area contributed by atoms with E-state index in [1.165, 1.54) is 0 Å². The Balaban J connectivity index is 1.49. The van der Waals surface area contributed by atoms with E-state index in [-0.39, 0.29) is 11.9 Å². The molecular weight excluding hydrogens is 340 g/mol. The second-order valence-electron chi connectivity index (χ2n) is 8.13. The number of urea groups is 1. The molecule has 3 aromatic heterocycles. The molecule has 2 aliphatic heterocycles. The van der Waals surface area contributed by atoms with Crippen molar-refractivity contribution >= 4 is 22.7 Å². The van der Waals surface area contributed by atoms with Gasteiger partial charge >= 0.3 is 6.03 Å². The normalized spacial score (nSPS) is 26.4. The molecule has 3 aromatic rings. The first kappa shape index (κ1) is 16.6. The zero-order chi connectivity index (χ0) is 18.5. The highest BCUT2D eigenvalue weighted by molar-refractivity contribution is 5.76. The SMILES string of the molecule is C[C@@H]1CCN(C(=O)N2CCC[C@@H]2C)C[C@@H]1c1ncc2cnc3[nH]ccc3n12. The molecule has 0 aliphatic carbocycles.